The molecule has 4 N–H and O–H groups in total. The maximum atomic E-state index is 4.56. The van der Waals surface area contributed by atoms with Crippen LogP contribution in [-0.4, -0.2) is 25.1 Å². The number of rotatable bonds is 6. The SMILES string of the molecule is Cc1cc2cc(CNc3ccnc(NCc4ccc5[nH]ncc5c4)n3)ccc2[nH]1. The zero-order valence-corrected chi connectivity index (χ0v) is 16.0. The molecule has 0 amide bonds. The second-order valence-electron chi connectivity index (χ2n) is 7.14. The summed E-state index contributed by atoms with van der Waals surface area (Å²) in [5, 5.41) is 16.0. The van der Waals surface area contributed by atoms with Crippen molar-refractivity contribution in [3.63, 3.8) is 0 Å². The maximum absolute atomic E-state index is 4.56. The Kier molecular flexibility index (Phi) is 4.32. The lowest BCUT2D eigenvalue weighted by atomic mass is 10.1. The van der Waals surface area contributed by atoms with Crippen LogP contribution in [0.1, 0.15) is 16.8 Å². The smallest absolute Gasteiger partial charge is 0.224 e. The van der Waals surface area contributed by atoms with Crippen molar-refractivity contribution in [1.82, 2.24) is 25.1 Å². The standard InChI is InChI=1S/C22H21N7/c1-14-8-17-9-15(2-4-19(17)27-14)11-24-21-6-7-23-22(28-21)25-12-16-3-5-20-18(10-16)13-26-29-20/h2-10,13,27H,11-12H2,1H3,(H,26,29)(H2,23,24,25,28). The summed E-state index contributed by atoms with van der Waals surface area (Å²) in [7, 11) is 0. The molecule has 0 radical (unpaired) electrons. The number of anilines is 2. The Labute approximate surface area is 167 Å². The number of hydrogen-bond donors (Lipinski definition) is 4. The van der Waals surface area contributed by atoms with E-state index in [4.69, 9.17) is 0 Å². The molecule has 0 aliphatic rings. The third-order valence-corrected chi connectivity index (χ3v) is 4.90. The van der Waals surface area contributed by atoms with Crippen molar-refractivity contribution in [2.24, 2.45) is 0 Å². The highest BCUT2D eigenvalue weighted by atomic mass is 15.1. The first-order valence-corrected chi connectivity index (χ1v) is 9.54. The summed E-state index contributed by atoms with van der Waals surface area (Å²) in [4.78, 5) is 12.2. The molecule has 0 spiro atoms. The molecule has 7 nitrogen and oxygen atoms in total. The first-order valence-electron chi connectivity index (χ1n) is 9.54. The first-order chi connectivity index (χ1) is 14.2. The summed E-state index contributed by atoms with van der Waals surface area (Å²) in [5.74, 6) is 1.39. The van der Waals surface area contributed by atoms with E-state index in [2.05, 4.69) is 79.1 Å². The lowest BCUT2D eigenvalue weighted by Crippen LogP contribution is -2.06. The van der Waals surface area contributed by atoms with Gasteiger partial charge in [0.2, 0.25) is 5.95 Å². The van der Waals surface area contributed by atoms with Gasteiger partial charge in [0, 0.05) is 35.9 Å². The fourth-order valence-electron chi connectivity index (χ4n) is 3.46. The summed E-state index contributed by atoms with van der Waals surface area (Å²) in [6, 6.07) is 16.7. The second kappa shape index (κ2) is 7.27. The van der Waals surface area contributed by atoms with Crippen LogP contribution in [0.3, 0.4) is 0 Å². The molecule has 0 unspecified atom stereocenters. The summed E-state index contributed by atoms with van der Waals surface area (Å²) in [6.45, 7) is 3.42. The van der Waals surface area contributed by atoms with Crippen LogP contribution in [0.25, 0.3) is 21.8 Å². The van der Waals surface area contributed by atoms with Gasteiger partial charge in [-0.2, -0.15) is 10.1 Å². The van der Waals surface area contributed by atoms with E-state index < -0.39 is 0 Å². The summed E-state index contributed by atoms with van der Waals surface area (Å²) in [5.41, 5.74) is 5.72. The highest BCUT2D eigenvalue weighted by Gasteiger charge is 2.03. The number of aromatic amines is 2. The van der Waals surface area contributed by atoms with E-state index in [0.29, 0.717) is 19.0 Å². The molecule has 2 aromatic carbocycles. The van der Waals surface area contributed by atoms with E-state index in [9.17, 15) is 0 Å². The molecule has 5 aromatic rings. The number of fused-ring (bicyclic) bond motifs is 2. The molecule has 0 bridgehead atoms. The van der Waals surface area contributed by atoms with E-state index in [0.717, 1.165) is 27.8 Å². The normalized spacial score (nSPS) is 11.2. The van der Waals surface area contributed by atoms with Crippen LogP contribution < -0.4 is 10.6 Å². The molecule has 3 heterocycles. The van der Waals surface area contributed by atoms with Crippen molar-refractivity contribution in [3.05, 3.63) is 77.7 Å². The van der Waals surface area contributed by atoms with E-state index in [1.165, 1.54) is 16.6 Å². The van der Waals surface area contributed by atoms with Gasteiger partial charge >= 0.3 is 0 Å². The van der Waals surface area contributed by atoms with Crippen molar-refractivity contribution in [2.75, 3.05) is 10.6 Å². The topological polar surface area (TPSA) is 94.3 Å². The van der Waals surface area contributed by atoms with Crippen LogP contribution in [0.15, 0.2) is 60.9 Å². The van der Waals surface area contributed by atoms with Crippen molar-refractivity contribution in [1.29, 1.82) is 0 Å². The summed E-state index contributed by atoms with van der Waals surface area (Å²) < 4.78 is 0. The van der Waals surface area contributed by atoms with Crippen molar-refractivity contribution in [3.8, 4) is 0 Å². The minimum atomic E-state index is 0.596. The van der Waals surface area contributed by atoms with Gasteiger partial charge in [-0.1, -0.05) is 12.1 Å². The quantitative estimate of drug-likeness (QED) is 0.349. The van der Waals surface area contributed by atoms with Gasteiger partial charge in [0.25, 0.3) is 0 Å². The van der Waals surface area contributed by atoms with E-state index in [1.807, 2.05) is 18.3 Å². The zero-order chi connectivity index (χ0) is 19.6. The molecule has 0 atom stereocenters. The van der Waals surface area contributed by atoms with Gasteiger partial charge in [-0.25, -0.2) is 4.98 Å². The van der Waals surface area contributed by atoms with Crippen LogP contribution in [0.4, 0.5) is 11.8 Å². The van der Waals surface area contributed by atoms with Crippen LogP contribution in [0.5, 0.6) is 0 Å². The van der Waals surface area contributed by atoms with Gasteiger partial charge in [0.1, 0.15) is 5.82 Å². The molecular formula is C22H21N7. The van der Waals surface area contributed by atoms with Crippen LogP contribution in [0.2, 0.25) is 0 Å². The lowest BCUT2D eigenvalue weighted by molar-refractivity contribution is 1.04. The molecule has 0 aliphatic heterocycles. The molecule has 7 heteroatoms. The van der Waals surface area contributed by atoms with Gasteiger partial charge in [-0.15, -0.1) is 0 Å². The van der Waals surface area contributed by atoms with Gasteiger partial charge in [0.05, 0.1) is 11.7 Å². The molecule has 5 rings (SSSR count). The highest BCUT2D eigenvalue weighted by molar-refractivity contribution is 5.81. The van der Waals surface area contributed by atoms with Gasteiger partial charge < -0.3 is 15.6 Å². The average molecular weight is 383 g/mol. The molecule has 0 aliphatic carbocycles. The Bertz CT molecular complexity index is 1280. The van der Waals surface area contributed by atoms with E-state index >= 15 is 0 Å². The van der Waals surface area contributed by atoms with Crippen LogP contribution in [0, 0.1) is 6.92 Å². The number of benzene rings is 2. The number of hydrogen-bond acceptors (Lipinski definition) is 5. The zero-order valence-electron chi connectivity index (χ0n) is 16.0. The molecule has 3 aromatic heterocycles. The number of aromatic nitrogens is 5. The predicted octanol–water partition coefficient (Wildman–Crippen LogP) is 4.37. The van der Waals surface area contributed by atoms with Crippen LogP contribution in [-0.2, 0) is 13.1 Å². The monoisotopic (exact) mass is 383 g/mol. The second-order valence-corrected chi connectivity index (χ2v) is 7.14. The third kappa shape index (κ3) is 3.75. The Morgan fingerprint density at radius 3 is 2.55 bits per heavy atom. The Hall–Kier alpha value is -3.87. The average Bonchev–Trinajstić information content (AvgIpc) is 3.35. The largest absolute Gasteiger partial charge is 0.366 e. The van der Waals surface area contributed by atoms with E-state index in [1.54, 1.807) is 6.20 Å². The Morgan fingerprint density at radius 2 is 1.66 bits per heavy atom. The van der Waals surface area contributed by atoms with Crippen molar-refractivity contribution in [2.45, 2.75) is 20.0 Å². The third-order valence-electron chi connectivity index (χ3n) is 4.90. The summed E-state index contributed by atoms with van der Waals surface area (Å²) in [6.07, 6.45) is 3.58. The van der Waals surface area contributed by atoms with E-state index in [-0.39, 0.29) is 0 Å². The molecule has 0 saturated heterocycles. The Balaban J connectivity index is 1.23. The van der Waals surface area contributed by atoms with Crippen LogP contribution >= 0.6 is 0 Å². The first kappa shape index (κ1) is 17.2. The van der Waals surface area contributed by atoms with Gasteiger partial charge in [0.15, 0.2) is 0 Å². The highest BCUT2D eigenvalue weighted by Crippen LogP contribution is 2.18. The fourth-order valence-corrected chi connectivity index (χ4v) is 3.46. The predicted molar refractivity (Wildman–Crippen MR) is 116 cm³/mol. The molecular weight excluding hydrogens is 362 g/mol. The Morgan fingerprint density at radius 1 is 0.862 bits per heavy atom. The minimum absolute atomic E-state index is 0.596. The maximum Gasteiger partial charge on any atom is 0.224 e. The number of nitrogens with one attached hydrogen (secondary N) is 4. The van der Waals surface area contributed by atoms with Crippen molar-refractivity contribution >= 4 is 33.6 Å². The molecule has 144 valence electrons. The molecule has 0 saturated carbocycles. The fraction of sp³-hybridized carbons (Fsp3) is 0.136. The summed E-state index contributed by atoms with van der Waals surface area (Å²) >= 11 is 0. The molecule has 0 fully saturated rings. The number of H-pyrrole nitrogens is 2. The van der Waals surface area contributed by atoms with Gasteiger partial charge in [-0.3, -0.25) is 5.10 Å². The number of aryl methyl sites for hydroxylation is 1. The van der Waals surface area contributed by atoms with Gasteiger partial charge in [-0.05, 0) is 59.8 Å². The number of nitrogens with zero attached hydrogens (tertiary/aromatic N) is 3. The minimum Gasteiger partial charge on any atom is -0.366 e. The lowest BCUT2D eigenvalue weighted by Gasteiger charge is -2.09. The van der Waals surface area contributed by atoms with Crippen molar-refractivity contribution < 1.29 is 0 Å². The molecule has 29 heavy (non-hydrogen) atoms.